The molecule has 1 rings (SSSR count). The maximum Gasteiger partial charge on any atom is 0.192 e. The van der Waals surface area contributed by atoms with Gasteiger partial charge in [0.15, 0.2) is 11.5 Å². The second-order valence-electron chi connectivity index (χ2n) is 2.27. The largest absolute Gasteiger partial charge is 0.491 e. The van der Waals surface area contributed by atoms with Gasteiger partial charge in [-0.25, -0.2) is 4.98 Å². The summed E-state index contributed by atoms with van der Waals surface area (Å²) in [5.74, 6) is 0.462. The Morgan fingerprint density at radius 1 is 1.77 bits per heavy atom. The van der Waals surface area contributed by atoms with Crippen molar-refractivity contribution in [3.63, 3.8) is 0 Å². The summed E-state index contributed by atoms with van der Waals surface area (Å²) in [6.07, 6.45) is 1.55. The zero-order chi connectivity index (χ0) is 9.68. The molecule has 0 spiro atoms. The van der Waals surface area contributed by atoms with Crippen molar-refractivity contribution in [3.05, 3.63) is 24.0 Å². The number of hydrogen-bond donors (Lipinski definition) is 2. The molecular formula is C8H11N3O2. The topological polar surface area (TPSA) is 80.7 Å². The molecule has 1 heterocycles. The molecule has 5 nitrogen and oxygen atoms in total. The molecule has 0 radical (unpaired) electrons. The highest BCUT2D eigenvalue weighted by Crippen LogP contribution is 2.14. The fraction of sp³-hybridized carbons (Fsp3) is 0.250. The summed E-state index contributed by atoms with van der Waals surface area (Å²) in [4.78, 5) is 3.93. The van der Waals surface area contributed by atoms with Crippen LogP contribution in [0, 0.1) is 0 Å². The van der Waals surface area contributed by atoms with E-state index in [0.717, 1.165) is 0 Å². The van der Waals surface area contributed by atoms with Crippen LogP contribution in [0.3, 0.4) is 0 Å². The molecule has 70 valence electrons. The van der Waals surface area contributed by atoms with Gasteiger partial charge < -0.3 is 15.7 Å². The average Bonchev–Trinajstić information content (AvgIpc) is 2.18. The Bertz CT molecular complexity index is 312. The van der Waals surface area contributed by atoms with E-state index in [9.17, 15) is 0 Å². The van der Waals surface area contributed by atoms with E-state index in [1.165, 1.54) is 0 Å². The van der Waals surface area contributed by atoms with E-state index in [1.54, 1.807) is 18.3 Å². The smallest absolute Gasteiger partial charge is 0.192 e. The number of rotatable bonds is 3. The van der Waals surface area contributed by atoms with Crippen LogP contribution in [0.15, 0.2) is 23.5 Å². The van der Waals surface area contributed by atoms with Gasteiger partial charge in [0.25, 0.3) is 0 Å². The van der Waals surface area contributed by atoms with Crippen molar-refractivity contribution in [2.24, 2.45) is 10.9 Å². The highest BCUT2D eigenvalue weighted by molar-refractivity contribution is 5.97. The normalized spacial score (nSPS) is 11.3. The molecule has 0 amide bonds. The van der Waals surface area contributed by atoms with Gasteiger partial charge in [-0.3, -0.25) is 0 Å². The molecule has 0 atom stereocenters. The zero-order valence-electron chi connectivity index (χ0n) is 7.27. The van der Waals surface area contributed by atoms with Crippen molar-refractivity contribution in [1.82, 2.24) is 4.98 Å². The molecule has 3 N–H and O–H groups in total. The van der Waals surface area contributed by atoms with Crippen LogP contribution in [0.2, 0.25) is 0 Å². The van der Waals surface area contributed by atoms with Gasteiger partial charge in [0.2, 0.25) is 0 Å². The number of pyridine rings is 1. The maximum absolute atomic E-state index is 8.45. The molecule has 0 aliphatic heterocycles. The lowest BCUT2D eigenvalue weighted by molar-refractivity contribution is 0.316. The Morgan fingerprint density at radius 2 is 2.54 bits per heavy atom. The van der Waals surface area contributed by atoms with Gasteiger partial charge in [0.05, 0.1) is 6.61 Å². The van der Waals surface area contributed by atoms with Crippen LogP contribution in [0.5, 0.6) is 5.75 Å². The van der Waals surface area contributed by atoms with Gasteiger partial charge in [-0.05, 0) is 19.1 Å². The average molecular weight is 181 g/mol. The van der Waals surface area contributed by atoms with E-state index >= 15 is 0 Å². The molecule has 0 saturated carbocycles. The third-order valence-electron chi connectivity index (χ3n) is 1.42. The first-order chi connectivity index (χ1) is 6.29. The first-order valence-corrected chi connectivity index (χ1v) is 3.85. The lowest BCUT2D eigenvalue weighted by Crippen LogP contribution is -2.16. The van der Waals surface area contributed by atoms with E-state index < -0.39 is 0 Å². The Hall–Kier alpha value is -1.78. The molecule has 0 saturated heterocycles. The van der Waals surface area contributed by atoms with Gasteiger partial charge in [0.1, 0.15) is 5.75 Å². The van der Waals surface area contributed by atoms with Crippen molar-refractivity contribution in [2.45, 2.75) is 6.92 Å². The summed E-state index contributed by atoms with van der Waals surface area (Å²) < 4.78 is 5.23. The van der Waals surface area contributed by atoms with Crippen molar-refractivity contribution in [1.29, 1.82) is 0 Å². The van der Waals surface area contributed by atoms with Crippen LogP contribution in [0.25, 0.3) is 0 Å². The monoisotopic (exact) mass is 181 g/mol. The molecule has 0 aliphatic carbocycles. The fourth-order valence-electron chi connectivity index (χ4n) is 0.902. The molecule has 0 fully saturated rings. The molecular weight excluding hydrogens is 170 g/mol. The number of nitrogens with zero attached hydrogens (tertiary/aromatic N) is 2. The van der Waals surface area contributed by atoms with Gasteiger partial charge in [0, 0.05) is 6.20 Å². The summed E-state index contributed by atoms with van der Waals surface area (Å²) in [7, 11) is 0. The number of nitrogens with two attached hydrogens (primary N) is 1. The van der Waals surface area contributed by atoms with Crippen LogP contribution >= 0.6 is 0 Å². The van der Waals surface area contributed by atoms with Crippen LogP contribution in [0.4, 0.5) is 0 Å². The Labute approximate surface area is 75.8 Å². The highest BCUT2D eigenvalue weighted by atomic mass is 16.5. The molecule has 5 heteroatoms. The van der Waals surface area contributed by atoms with Crippen molar-refractivity contribution in [2.75, 3.05) is 6.61 Å². The fourth-order valence-corrected chi connectivity index (χ4v) is 0.902. The van der Waals surface area contributed by atoms with E-state index in [0.29, 0.717) is 18.1 Å². The lowest BCUT2D eigenvalue weighted by Gasteiger charge is -2.06. The number of ether oxygens (including phenoxy) is 1. The second kappa shape index (κ2) is 4.30. The predicted molar refractivity (Wildman–Crippen MR) is 47.9 cm³/mol. The van der Waals surface area contributed by atoms with Crippen LogP contribution in [-0.4, -0.2) is 22.6 Å². The number of aromatic nitrogens is 1. The van der Waals surface area contributed by atoms with Gasteiger partial charge in [-0.2, -0.15) is 0 Å². The standard InChI is InChI=1S/C8H11N3O2/c1-2-13-6-4-3-5-10-7(6)8(9)11-12/h3-5,12H,2H2,1H3,(H2,9,11). The summed E-state index contributed by atoms with van der Waals surface area (Å²) in [5, 5.41) is 11.3. The Balaban J connectivity index is 3.04. The summed E-state index contributed by atoms with van der Waals surface area (Å²) >= 11 is 0. The molecule has 0 aromatic carbocycles. The molecule has 1 aromatic heterocycles. The molecule has 0 aliphatic rings. The van der Waals surface area contributed by atoms with Gasteiger partial charge in [-0.1, -0.05) is 5.16 Å². The number of oxime groups is 1. The summed E-state index contributed by atoms with van der Waals surface area (Å²) in [6.45, 7) is 2.36. The third-order valence-corrected chi connectivity index (χ3v) is 1.42. The Morgan fingerprint density at radius 3 is 3.15 bits per heavy atom. The van der Waals surface area contributed by atoms with Crippen LogP contribution in [0.1, 0.15) is 12.6 Å². The van der Waals surface area contributed by atoms with Crippen LogP contribution < -0.4 is 10.5 Å². The lowest BCUT2D eigenvalue weighted by atomic mass is 10.3. The van der Waals surface area contributed by atoms with E-state index in [2.05, 4.69) is 10.1 Å². The third kappa shape index (κ3) is 2.08. The molecule has 1 aromatic rings. The minimum atomic E-state index is -0.0518. The quantitative estimate of drug-likeness (QED) is 0.309. The molecule has 13 heavy (non-hydrogen) atoms. The van der Waals surface area contributed by atoms with Gasteiger partial charge in [-0.15, -0.1) is 0 Å². The van der Waals surface area contributed by atoms with Crippen molar-refractivity contribution < 1.29 is 9.94 Å². The maximum atomic E-state index is 8.45. The van der Waals surface area contributed by atoms with E-state index in [1.807, 2.05) is 6.92 Å². The SMILES string of the molecule is CCOc1cccnc1/C(N)=N/O. The zero-order valence-corrected chi connectivity index (χ0v) is 7.27. The van der Waals surface area contributed by atoms with Crippen molar-refractivity contribution >= 4 is 5.84 Å². The van der Waals surface area contributed by atoms with E-state index in [4.69, 9.17) is 15.7 Å². The first kappa shape index (κ1) is 9.31. The Kier molecular flexibility index (Phi) is 3.08. The van der Waals surface area contributed by atoms with Gasteiger partial charge >= 0.3 is 0 Å². The number of hydrogen-bond acceptors (Lipinski definition) is 4. The first-order valence-electron chi connectivity index (χ1n) is 3.85. The molecule has 0 bridgehead atoms. The molecule has 0 unspecified atom stereocenters. The summed E-state index contributed by atoms with van der Waals surface area (Å²) in [6, 6.07) is 3.43. The van der Waals surface area contributed by atoms with Crippen LogP contribution in [-0.2, 0) is 0 Å². The highest BCUT2D eigenvalue weighted by Gasteiger charge is 2.07. The van der Waals surface area contributed by atoms with E-state index in [-0.39, 0.29) is 5.84 Å². The second-order valence-corrected chi connectivity index (χ2v) is 2.27. The summed E-state index contributed by atoms with van der Waals surface area (Å²) in [5.41, 5.74) is 5.74. The minimum absolute atomic E-state index is 0.0518. The predicted octanol–water partition coefficient (Wildman–Crippen LogP) is 0.575. The van der Waals surface area contributed by atoms with Crippen molar-refractivity contribution in [3.8, 4) is 5.75 Å². The minimum Gasteiger partial charge on any atom is -0.491 e. The number of amidine groups is 1.